The number of halogens is 2. The maximum atomic E-state index is 17.6. The highest BCUT2D eigenvalue weighted by atomic mass is 19.2. The van der Waals surface area contributed by atoms with Crippen LogP contribution in [-0.4, -0.2) is 52.7 Å². The number of hydrogen-bond donors (Lipinski definition) is 0. The molecule has 0 saturated carbocycles. The molecule has 0 unspecified atom stereocenters. The minimum atomic E-state index is -4.78. The van der Waals surface area contributed by atoms with E-state index in [1.165, 1.54) is 31.0 Å². The lowest BCUT2D eigenvalue weighted by Gasteiger charge is -2.31. The van der Waals surface area contributed by atoms with Crippen LogP contribution in [0.25, 0.3) is 28.9 Å². The van der Waals surface area contributed by atoms with Crippen LogP contribution in [0.1, 0.15) is 55.0 Å². The summed E-state index contributed by atoms with van der Waals surface area (Å²) in [5.74, 6) is -1.89. The normalized spacial score (nSPS) is 14.8. The molecule has 0 atom stereocenters. The number of esters is 2. The van der Waals surface area contributed by atoms with Gasteiger partial charge in [0.2, 0.25) is 5.91 Å². The van der Waals surface area contributed by atoms with Crippen molar-refractivity contribution in [3.05, 3.63) is 131 Å². The Morgan fingerprint density at radius 1 is 0.837 bits per heavy atom. The van der Waals surface area contributed by atoms with E-state index >= 15 is 8.63 Å². The lowest BCUT2D eigenvalue weighted by atomic mass is 9.87. The highest BCUT2D eigenvalue weighted by molar-refractivity contribution is 6.59. The minimum Gasteiger partial charge on any atom is -0.462 e. The van der Waals surface area contributed by atoms with E-state index in [9.17, 15) is 14.4 Å². The smallest absolute Gasteiger partial charge is 0.462 e. The number of allylic oxidation sites excluding steroid dienone is 1. The van der Waals surface area contributed by atoms with Gasteiger partial charge in [-0.1, -0.05) is 78.9 Å². The first-order valence-corrected chi connectivity index (χ1v) is 16.0. The van der Waals surface area contributed by atoms with Gasteiger partial charge < -0.3 is 27.1 Å². The Balaban J connectivity index is 1.72. The summed E-state index contributed by atoms with van der Waals surface area (Å²) in [6.45, 7) is 1.41. The van der Waals surface area contributed by atoms with Crippen molar-refractivity contribution in [3.63, 3.8) is 0 Å². The zero-order valence-electron chi connectivity index (χ0n) is 27.5. The third-order valence-corrected chi connectivity index (χ3v) is 8.50. The first-order chi connectivity index (χ1) is 23.6. The summed E-state index contributed by atoms with van der Waals surface area (Å²) in [7, 11) is 0. The molecule has 3 aromatic carbocycles. The van der Waals surface area contributed by atoms with Crippen molar-refractivity contribution in [2.24, 2.45) is 0 Å². The maximum Gasteiger partial charge on any atom is 0.737 e. The van der Waals surface area contributed by atoms with Gasteiger partial charge in [-0.25, -0.2) is 9.59 Å². The molecule has 248 valence electrons. The van der Waals surface area contributed by atoms with Gasteiger partial charge in [-0.15, -0.1) is 0 Å². The van der Waals surface area contributed by atoms with Crippen LogP contribution in [0.2, 0.25) is 0 Å². The van der Waals surface area contributed by atoms with E-state index in [4.69, 9.17) is 9.47 Å². The Hall–Kier alpha value is -5.84. The summed E-state index contributed by atoms with van der Waals surface area (Å²) in [6.07, 6.45) is 4.30. The van der Waals surface area contributed by atoms with Crippen molar-refractivity contribution in [3.8, 4) is 11.1 Å². The van der Waals surface area contributed by atoms with E-state index in [0.717, 1.165) is 8.96 Å². The zero-order chi connectivity index (χ0) is 34.9. The van der Waals surface area contributed by atoms with E-state index in [0.29, 0.717) is 22.4 Å². The largest absolute Gasteiger partial charge is 0.737 e. The van der Waals surface area contributed by atoms with Gasteiger partial charge in [-0.3, -0.25) is 9.69 Å². The summed E-state index contributed by atoms with van der Waals surface area (Å²) in [4.78, 5) is 41.4. The average molecular weight is 662 g/mol. The third-order valence-electron chi connectivity index (χ3n) is 8.50. The number of carbonyl (C=O) groups is 3. The second kappa shape index (κ2) is 13.3. The molecule has 0 radical (unpaired) electrons. The van der Waals surface area contributed by atoms with Crippen LogP contribution in [0.5, 0.6) is 0 Å². The van der Waals surface area contributed by atoms with Crippen LogP contribution in [0.15, 0.2) is 108 Å². The molecular weight excluding hydrogens is 627 g/mol. The number of carbonyl (C=O) groups excluding carboxylic acids is 3. The molecule has 1 amide bonds. The number of fused-ring (bicyclic) bond motifs is 2. The predicted octanol–water partition coefficient (Wildman–Crippen LogP) is 7.44. The number of anilines is 1. The topological polar surface area (TPSA) is 80.9 Å². The highest BCUT2D eigenvalue weighted by Crippen LogP contribution is 2.47. The summed E-state index contributed by atoms with van der Waals surface area (Å²) in [5, 5.41) is 0. The van der Waals surface area contributed by atoms with Crippen molar-refractivity contribution in [1.82, 2.24) is 4.48 Å². The Bertz CT molecular complexity index is 2090. The van der Waals surface area contributed by atoms with Crippen molar-refractivity contribution < 1.29 is 37.0 Å². The number of hydrogen-bond acceptors (Lipinski definition) is 5. The van der Waals surface area contributed by atoms with Crippen molar-refractivity contribution in [1.29, 1.82) is 0 Å². The molecule has 0 spiro atoms. The molecule has 1 aromatic heterocycles. The van der Waals surface area contributed by atoms with Crippen LogP contribution in [-0.2, 0) is 19.1 Å². The Morgan fingerprint density at radius 3 is 1.96 bits per heavy atom. The molecule has 2 aliphatic rings. The molecule has 2 aliphatic heterocycles. The number of para-hydroxylation sites is 1. The molecule has 0 aliphatic carbocycles. The van der Waals surface area contributed by atoms with E-state index in [2.05, 4.69) is 0 Å². The van der Waals surface area contributed by atoms with Gasteiger partial charge >= 0.3 is 18.9 Å². The van der Waals surface area contributed by atoms with Crippen LogP contribution < -0.4 is 4.90 Å². The lowest BCUT2D eigenvalue weighted by Crippen LogP contribution is -2.50. The van der Waals surface area contributed by atoms with Crippen molar-refractivity contribution >= 4 is 53.9 Å². The Labute approximate surface area is 282 Å². The standard InChI is InChI=1S/C38H34BF2N3O5/c1-5-48-37(46)33-25(3)43-31(34(33)27-16-10-7-11-17-27)24-32-35(28-18-12-8-13-19-28)36(38(47)49-6-2)30(44(32)39(43,40)41)22-23-42(26(4)45)29-20-14-9-15-21-29/h7-24H,5-6H2,1-4H3/b23-22+. The molecule has 4 aromatic rings. The van der Waals surface area contributed by atoms with Crippen LogP contribution in [0, 0.1) is 0 Å². The van der Waals surface area contributed by atoms with E-state index < -0.39 is 18.9 Å². The number of aromatic nitrogens is 1. The lowest BCUT2D eigenvalue weighted by molar-refractivity contribution is -0.359. The molecule has 6 rings (SSSR count). The zero-order valence-corrected chi connectivity index (χ0v) is 27.5. The SMILES string of the molecule is CCOC(=O)C1=C(c2ccccc2)C2=Cc3c(-c4ccccc4)c(C(=O)OCC)c(/C=C/N(C(C)=O)c4ccccc4)n3[B-](F)(F)[N+]2=C1C. The fourth-order valence-electron chi connectivity index (χ4n) is 6.55. The molecule has 49 heavy (non-hydrogen) atoms. The van der Waals surface area contributed by atoms with E-state index in [-0.39, 0.29) is 58.6 Å². The average Bonchev–Trinajstić information content (AvgIpc) is 3.59. The quantitative estimate of drug-likeness (QED) is 0.138. The second-order valence-electron chi connectivity index (χ2n) is 11.4. The van der Waals surface area contributed by atoms with Gasteiger partial charge in [-0.2, -0.15) is 0 Å². The number of benzene rings is 3. The van der Waals surface area contributed by atoms with E-state index in [1.54, 1.807) is 111 Å². The van der Waals surface area contributed by atoms with Crippen LogP contribution >= 0.6 is 0 Å². The molecule has 3 heterocycles. The predicted molar refractivity (Wildman–Crippen MR) is 187 cm³/mol. The second-order valence-corrected chi connectivity index (χ2v) is 11.4. The highest BCUT2D eigenvalue weighted by Gasteiger charge is 2.57. The molecular formula is C38H34BF2N3O5. The molecule has 11 heteroatoms. The molecule has 0 saturated heterocycles. The fraction of sp³-hybridized carbons (Fsp3) is 0.158. The van der Waals surface area contributed by atoms with E-state index in [1.807, 2.05) is 0 Å². The van der Waals surface area contributed by atoms with Gasteiger partial charge in [0.15, 0.2) is 5.70 Å². The van der Waals surface area contributed by atoms with Gasteiger partial charge in [0.25, 0.3) is 0 Å². The molecule has 0 N–H and O–H groups in total. The Morgan fingerprint density at radius 2 is 1.39 bits per heavy atom. The number of rotatable bonds is 9. The van der Waals surface area contributed by atoms with Crippen LogP contribution in [0.3, 0.4) is 0 Å². The van der Waals surface area contributed by atoms with Gasteiger partial charge in [-0.05, 0) is 43.2 Å². The Kier molecular flexibility index (Phi) is 9.01. The number of amides is 1. The van der Waals surface area contributed by atoms with Crippen molar-refractivity contribution in [2.75, 3.05) is 18.1 Å². The maximum absolute atomic E-state index is 17.6. The summed E-state index contributed by atoms with van der Waals surface area (Å²) >= 11 is 0. The summed E-state index contributed by atoms with van der Waals surface area (Å²) < 4.78 is 47.7. The molecule has 0 fully saturated rings. The summed E-state index contributed by atoms with van der Waals surface area (Å²) in [5.41, 5.74) is 2.05. The minimum absolute atomic E-state index is 0.00570. The fourth-order valence-corrected chi connectivity index (χ4v) is 6.55. The third kappa shape index (κ3) is 5.71. The number of ether oxygens (including phenoxy) is 2. The van der Waals surface area contributed by atoms with Gasteiger partial charge in [0, 0.05) is 48.8 Å². The molecule has 8 nitrogen and oxygen atoms in total. The van der Waals surface area contributed by atoms with Gasteiger partial charge in [0.05, 0.1) is 24.4 Å². The number of nitrogens with zero attached hydrogens (tertiary/aromatic N) is 3. The molecule has 0 bridgehead atoms. The van der Waals surface area contributed by atoms with Gasteiger partial charge in [0.1, 0.15) is 11.3 Å². The van der Waals surface area contributed by atoms with Crippen molar-refractivity contribution in [2.45, 2.75) is 27.7 Å². The first kappa shape index (κ1) is 33.1. The first-order valence-electron chi connectivity index (χ1n) is 16.0. The summed E-state index contributed by atoms with van der Waals surface area (Å²) in [6, 6.07) is 26.3. The monoisotopic (exact) mass is 661 g/mol. The van der Waals surface area contributed by atoms with Crippen LogP contribution in [0.4, 0.5) is 14.3 Å².